The predicted molar refractivity (Wildman–Crippen MR) is 44.0 cm³/mol. The minimum absolute atomic E-state index is 0.232. The van der Waals surface area contributed by atoms with E-state index in [0.29, 0.717) is 18.3 Å². The SMILES string of the molecule is CCO[C@H]1C[C@H](C)C=C(C#N)O1. The normalized spacial score (nSPS) is 28.6. The van der Waals surface area contributed by atoms with Gasteiger partial charge in [-0.15, -0.1) is 0 Å². The van der Waals surface area contributed by atoms with E-state index in [4.69, 9.17) is 14.7 Å². The monoisotopic (exact) mass is 167 g/mol. The molecule has 0 aromatic carbocycles. The molecule has 3 heteroatoms. The van der Waals surface area contributed by atoms with Crippen LogP contribution in [-0.2, 0) is 9.47 Å². The molecule has 2 atom stereocenters. The van der Waals surface area contributed by atoms with E-state index in [0.717, 1.165) is 6.42 Å². The zero-order valence-corrected chi connectivity index (χ0v) is 7.41. The number of ether oxygens (including phenoxy) is 2. The Labute approximate surface area is 72.6 Å². The lowest BCUT2D eigenvalue weighted by atomic mass is 10.0. The van der Waals surface area contributed by atoms with Gasteiger partial charge in [-0.2, -0.15) is 5.26 Å². The fourth-order valence-electron chi connectivity index (χ4n) is 1.21. The molecule has 0 radical (unpaired) electrons. The first-order chi connectivity index (χ1) is 5.76. The fraction of sp³-hybridized carbons (Fsp3) is 0.667. The molecule has 0 bridgehead atoms. The van der Waals surface area contributed by atoms with Gasteiger partial charge >= 0.3 is 0 Å². The van der Waals surface area contributed by atoms with Crippen molar-refractivity contribution >= 4 is 0 Å². The van der Waals surface area contributed by atoms with Gasteiger partial charge in [0.2, 0.25) is 6.29 Å². The van der Waals surface area contributed by atoms with Gasteiger partial charge in [-0.25, -0.2) is 0 Å². The highest BCUT2D eigenvalue weighted by atomic mass is 16.7. The summed E-state index contributed by atoms with van der Waals surface area (Å²) in [5, 5.41) is 8.60. The van der Waals surface area contributed by atoms with Gasteiger partial charge in [0.25, 0.3) is 0 Å². The van der Waals surface area contributed by atoms with Crippen LogP contribution in [0.5, 0.6) is 0 Å². The van der Waals surface area contributed by atoms with Crippen molar-refractivity contribution in [3.63, 3.8) is 0 Å². The van der Waals surface area contributed by atoms with Gasteiger partial charge in [-0.1, -0.05) is 6.92 Å². The second kappa shape index (κ2) is 4.13. The second-order valence-electron chi connectivity index (χ2n) is 2.86. The van der Waals surface area contributed by atoms with Crippen LogP contribution >= 0.6 is 0 Å². The van der Waals surface area contributed by atoms with E-state index in [9.17, 15) is 0 Å². The topological polar surface area (TPSA) is 42.2 Å². The molecule has 1 aliphatic rings. The van der Waals surface area contributed by atoms with Crippen LogP contribution < -0.4 is 0 Å². The fourth-order valence-corrected chi connectivity index (χ4v) is 1.21. The van der Waals surface area contributed by atoms with Crippen molar-refractivity contribution in [1.82, 2.24) is 0 Å². The summed E-state index contributed by atoms with van der Waals surface area (Å²) in [6.45, 7) is 4.58. The quantitative estimate of drug-likeness (QED) is 0.630. The molecule has 66 valence electrons. The number of allylic oxidation sites excluding steroid dienone is 2. The van der Waals surface area contributed by atoms with Gasteiger partial charge in [-0.05, 0) is 18.9 Å². The van der Waals surface area contributed by atoms with Crippen molar-refractivity contribution in [3.8, 4) is 6.07 Å². The lowest BCUT2D eigenvalue weighted by Crippen LogP contribution is -2.23. The number of nitrogens with zero attached hydrogens (tertiary/aromatic N) is 1. The highest BCUT2D eigenvalue weighted by molar-refractivity contribution is 5.16. The highest BCUT2D eigenvalue weighted by Crippen LogP contribution is 2.21. The third-order valence-corrected chi connectivity index (χ3v) is 1.72. The molecule has 0 aromatic rings. The maximum absolute atomic E-state index is 8.60. The molecule has 0 spiro atoms. The molecule has 0 saturated carbocycles. The molecule has 1 heterocycles. The van der Waals surface area contributed by atoms with E-state index < -0.39 is 0 Å². The highest BCUT2D eigenvalue weighted by Gasteiger charge is 2.20. The summed E-state index contributed by atoms with van der Waals surface area (Å²) in [6, 6.07) is 1.98. The minimum atomic E-state index is -0.232. The Bertz CT molecular complexity index is 217. The van der Waals surface area contributed by atoms with Gasteiger partial charge in [0, 0.05) is 13.0 Å². The molecule has 3 nitrogen and oxygen atoms in total. The largest absolute Gasteiger partial charge is 0.455 e. The third-order valence-electron chi connectivity index (χ3n) is 1.72. The Morgan fingerprint density at radius 3 is 3.17 bits per heavy atom. The van der Waals surface area contributed by atoms with Crippen molar-refractivity contribution < 1.29 is 9.47 Å². The lowest BCUT2D eigenvalue weighted by molar-refractivity contribution is -0.124. The summed E-state index contributed by atoms with van der Waals surface area (Å²) < 4.78 is 10.5. The van der Waals surface area contributed by atoms with E-state index in [-0.39, 0.29) is 6.29 Å². The lowest BCUT2D eigenvalue weighted by Gasteiger charge is -2.24. The molecular weight excluding hydrogens is 154 g/mol. The van der Waals surface area contributed by atoms with Crippen molar-refractivity contribution in [2.45, 2.75) is 26.6 Å². The third kappa shape index (κ3) is 2.24. The number of nitriles is 1. The summed E-state index contributed by atoms with van der Waals surface area (Å²) in [6.07, 6.45) is 2.43. The zero-order chi connectivity index (χ0) is 8.97. The first kappa shape index (κ1) is 9.08. The van der Waals surface area contributed by atoms with E-state index in [1.54, 1.807) is 0 Å². The van der Waals surface area contributed by atoms with Crippen LogP contribution in [0.1, 0.15) is 20.3 Å². The zero-order valence-electron chi connectivity index (χ0n) is 7.41. The summed E-state index contributed by atoms with van der Waals surface area (Å²) in [5.74, 6) is 0.747. The molecule has 1 aliphatic heterocycles. The summed E-state index contributed by atoms with van der Waals surface area (Å²) >= 11 is 0. The van der Waals surface area contributed by atoms with Gasteiger partial charge in [0.1, 0.15) is 6.07 Å². The van der Waals surface area contributed by atoms with Gasteiger partial charge in [-0.3, -0.25) is 0 Å². The molecule has 0 unspecified atom stereocenters. The molecule has 0 amide bonds. The second-order valence-corrected chi connectivity index (χ2v) is 2.86. The van der Waals surface area contributed by atoms with Crippen molar-refractivity contribution in [3.05, 3.63) is 11.8 Å². The van der Waals surface area contributed by atoms with Crippen LogP contribution in [0.3, 0.4) is 0 Å². The Morgan fingerprint density at radius 1 is 1.83 bits per heavy atom. The van der Waals surface area contributed by atoms with Crippen LogP contribution in [0.4, 0.5) is 0 Å². The molecule has 0 fully saturated rings. The van der Waals surface area contributed by atoms with Gasteiger partial charge in [0.15, 0.2) is 5.76 Å². The molecule has 12 heavy (non-hydrogen) atoms. The first-order valence-corrected chi connectivity index (χ1v) is 4.16. The van der Waals surface area contributed by atoms with Gasteiger partial charge < -0.3 is 9.47 Å². The van der Waals surface area contributed by atoms with Gasteiger partial charge in [0.05, 0.1) is 0 Å². The van der Waals surface area contributed by atoms with Crippen LogP contribution in [0.25, 0.3) is 0 Å². The molecule has 0 saturated heterocycles. The Kier molecular flexibility index (Phi) is 3.12. The summed E-state index contributed by atoms with van der Waals surface area (Å²) in [4.78, 5) is 0. The molecule has 0 aromatic heterocycles. The summed E-state index contributed by atoms with van der Waals surface area (Å²) in [5.41, 5.74) is 0. The molecule has 1 rings (SSSR count). The van der Waals surface area contributed by atoms with E-state index in [2.05, 4.69) is 0 Å². The average molecular weight is 167 g/mol. The maximum Gasteiger partial charge on any atom is 0.201 e. The van der Waals surface area contributed by atoms with Crippen molar-refractivity contribution in [1.29, 1.82) is 5.26 Å². The van der Waals surface area contributed by atoms with Crippen molar-refractivity contribution in [2.24, 2.45) is 5.92 Å². The smallest absolute Gasteiger partial charge is 0.201 e. The van der Waals surface area contributed by atoms with Crippen LogP contribution in [0.15, 0.2) is 11.8 Å². The molecule has 0 N–H and O–H groups in total. The van der Waals surface area contributed by atoms with E-state index in [1.807, 2.05) is 26.0 Å². The van der Waals surface area contributed by atoms with Crippen molar-refractivity contribution in [2.75, 3.05) is 6.61 Å². The van der Waals surface area contributed by atoms with Crippen LogP contribution in [0.2, 0.25) is 0 Å². The standard InChI is InChI=1S/C9H13NO2/c1-3-11-9-5-7(2)4-8(6-10)12-9/h4,7,9H,3,5H2,1-2H3/t7-,9-/m1/s1. The number of rotatable bonds is 2. The van der Waals surface area contributed by atoms with E-state index >= 15 is 0 Å². The Morgan fingerprint density at radius 2 is 2.58 bits per heavy atom. The number of hydrogen-bond donors (Lipinski definition) is 0. The Balaban J connectivity index is 2.55. The molecular formula is C9H13NO2. The van der Waals surface area contributed by atoms with E-state index in [1.165, 1.54) is 0 Å². The number of hydrogen-bond acceptors (Lipinski definition) is 3. The average Bonchev–Trinajstić information content (AvgIpc) is 2.04. The maximum atomic E-state index is 8.60. The first-order valence-electron chi connectivity index (χ1n) is 4.16. The van der Waals surface area contributed by atoms with Crippen LogP contribution in [-0.4, -0.2) is 12.9 Å². The van der Waals surface area contributed by atoms with Crippen LogP contribution in [0, 0.1) is 17.2 Å². The minimum Gasteiger partial charge on any atom is -0.455 e. The molecule has 0 aliphatic carbocycles. The Hall–Kier alpha value is -1.01. The predicted octanol–water partition coefficient (Wildman–Crippen LogP) is 1.81. The summed E-state index contributed by atoms with van der Waals surface area (Å²) in [7, 11) is 0.